The van der Waals surface area contributed by atoms with Crippen LogP contribution < -0.4 is 10.6 Å². The van der Waals surface area contributed by atoms with Crippen molar-refractivity contribution in [3.05, 3.63) is 34.4 Å². The van der Waals surface area contributed by atoms with Crippen LogP contribution in [0, 0.1) is 10.1 Å². The van der Waals surface area contributed by atoms with Crippen LogP contribution in [0.15, 0.2) is 24.3 Å². The van der Waals surface area contributed by atoms with Crippen molar-refractivity contribution < 1.29 is 19.6 Å². The van der Waals surface area contributed by atoms with Gasteiger partial charge in [0.15, 0.2) is 0 Å². The van der Waals surface area contributed by atoms with Gasteiger partial charge in [-0.05, 0) is 18.6 Å². The summed E-state index contributed by atoms with van der Waals surface area (Å²) in [5, 5.41) is 24.9. The summed E-state index contributed by atoms with van der Waals surface area (Å²) < 4.78 is 0. The molecule has 3 N–H and O–H groups in total. The molecule has 120 valence electrons. The number of carboxylic acid groups (broad SMARTS) is 1. The number of anilines is 1. The van der Waals surface area contributed by atoms with E-state index in [4.69, 9.17) is 5.11 Å². The minimum atomic E-state index is -0.933. The molecule has 0 spiro atoms. The summed E-state index contributed by atoms with van der Waals surface area (Å²) in [5.41, 5.74) is 0.405. The minimum absolute atomic E-state index is 0.0523. The van der Waals surface area contributed by atoms with Gasteiger partial charge in [0.2, 0.25) is 5.91 Å². The van der Waals surface area contributed by atoms with Crippen LogP contribution in [0.3, 0.4) is 0 Å². The highest BCUT2D eigenvalue weighted by molar-refractivity contribution is 5.90. The van der Waals surface area contributed by atoms with Crippen molar-refractivity contribution in [2.45, 2.75) is 32.2 Å². The number of carbonyl (C=O) groups excluding carboxylic acids is 1. The van der Waals surface area contributed by atoms with Gasteiger partial charge in [0.1, 0.15) is 6.04 Å². The lowest BCUT2D eigenvalue weighted by atomic mass is 10.1. The van der Waals surface area contributed by atoms with Gasteiger partial charge < -0.3 is 15.7 Å². The molecule has 1 aromatic rings. The average molecular weight is 309 g/mol. The second-order valence-electron chi connectivity index (χ2n) is 4.74. The van der Waals surface area contributed by atoms with Crippen molar-refractivity contribution in [3.8, 4) is 0 Å². The lowest BCUT2D eigenvalue weighted by Gasteiger charge is -2.13. The van der Waals surface area contributed by atoms with E-state index in [9.17, 15) is 19.7 Å². The number of nitro groups is 1. The molecule has 1 unspecified atom stereocenters. The molecule has 8 nitrogen and oxygen atoms in total. The Balaban J connectivity index is 2.39. The highest BCUT2D eigenvalue weighted by Crippen LogP contribution is 2.15. The highest BCUT2D eigenvalue weighted by atomic mass is 16.6. The first-order valence-electron chi connectivity index (χ1n) is 6.94. The van der Waals surface area contributed by atoms with Crippen molar-refractivity contribution >= 4 is 23.3 Å². The summed E-state index contributed by atoms with van der Waals surface area (Å²) >= 11 is 0. The quantitative estimate of drug-likeness (QED) is 0.472. The van der Waals surface area contributed by atoms with E-state index in [1.165, 1.54) is 24.3 Å². The number of hydrogen-bond acceptors (Lipinski definition) is 5. The zero-order chi connectivity index (χ0) is 16.5. The summed E-state index contributed by atoms with van der Waals surface area (Å²) in [4.78, 5) is 32.6. The third-order valence-corrected chi connectivity index (χ3v) is 2.98. The van der Waals surface area contributed by atoms with E-state index in [2.05, 4.69) is 10.6 Å². The van der Waals surface area contributed by atoms with Crippen molar-refractivity contribution in [2.75, 3.05) is 11.9 Å². The van der Waals surface area contributed by atoms with Crippen molar-refractivity contribution in [1.82, 2.24) is 5.32 Å². The molecule has 0 bridgehead atoms. The van der Waals surface area contributed by atoms with Crippen LogP contribution in [0.4, 0.5) is 11.4 Å². The Hall–Kier alpha value is -2.48. The fraction of sp³-hybridized carbons (Fsp3) is 0.429. The summed E-state index contributed by atoms with van der Waals surface area (Å²) in [6.45, 7) is 2.13. The molecule has 0 saturated heterocycles. The van der Waals surface area contributed by atoms with E-state index in [1.54, 1.807) is 0 Å². The van der Waals surface area contributed by atoms with Gasteiger partial charge in [-0.1, -0.05) is 13.3 Å². The molecule has 1 amide bonds. The molecule has 1 atom stereocenters. The van der Waals surface area contributed by atoms with Crippen LogP contribution in [0.2, 0.25) is 0 Å². The van der Waals surface area contributed by atoms with Crippen LogP contribution in [0.5, 0.6) is 0 Å². The molecular formula is C14H19N3O5. The molecule has 0 aromatic heterocycles. The standard InChI is InChI=1S/C14H19N3O5/c1-2-3-12(14(19)20)15-9-8-13(18)16-10-4-6-11(7-5-10)17(21)22/h4-7,12,15H,2-3,8-9H2,1H3,(H,16,18)(H,19,20). The number of benzene rings is 1. The number of non-ortho nitro benzene ring substituents is 1. The Kier molecular flexibility index (Phi) is 6.97. The molecule has 0 heterocycles. The normalized spacial score (nSPS) is 11.7. The van der Waals surface area contributed by atoms with Gasteiger partial charge in [-0.2, -0.15) is 0 Å². The van der Waals surface area contributed by atoms with E-state index >= 15 is 0 Å². The number of nitrogens with one attached hydrogen (secondary N) is 2. The predicted octanol–water partition coefficient (Wildman–Crippen LogP) is 1.77. The number of hydrogen-bond donors (Lipinski definition) is 3. The van der Waals surface area contributed by atoms with Crippen LogP contribution in [0.1, 0.15) is 26.2 Å². The number of carboxylic acids is 1. The third kappa shape index (κ3) is 5.88. The number of nitrogens with zero attached hydrogens (tertiary/aromatic N) is 1. The van der Waals surface area contributed by atoms with Gasteiger partial charge in [-0.15, -0.1) is 0 Å². The second kappa shape index (κ2) is 8.73. The molecule has 0 saturated carbocycles. The lowest BCUT2D eigenvalue weighted by molar-refractivity contribution is -0.384. The Bertz CT molecular complexity index is 530. The molecule has 0 aliphatic carbocycles. The van der Waals surface area contributed by atoms with Crippen molar-refractivity contribution in [2.24, 2.45) is 0 Å². The van der Waals surface area contributed by atoms with Crippen LogP contribution in [0.25, 0.3) is 0 Å². The molecule has 0 radical (unpaired) electrons. The first kappa shape index (κ1) is 17.6. The Morgan fingerprint density at radius 3 is 2.45 bits per heavy atom. The Morgan fingerprint density at radius 2 is 1.95 bits per heavy atom. The summed E-state index contributed by atoms with van der Waals surface area (Å²) in [7, 11) is 0. The number of rotatable bonds is 9. The fourth-order valence-corrected chi connectivity index (χ4v) is 1.85. The van der Waals surface area contributed by atoms with E-state index in [0.717, 1.165) is 6.42 Å². The number of nitro benzene ring substituents is 1. The zero-order valence-electron chi connectivity index (χ0n) is 12.2. The van der Waals surface area contributed by atoms with Crippen LogP contribution in [-0.4, -0.2) is 34.5 Å². The maximum atomic E-state index is 11.7. The number of amides is 1. The maximum Gasteiger partial charge on any atom is 0.320 e. The summed E-state index contributed by atoms with van der Waals surface area (Å²) in [5.74, 6) is -1.22. The van der Waals surface area contributed by atoms with E-state index in [-0.39, 0.29) is 24.6 Å². The molecule has 22 heavy (non-hydrogen) atoms. The third-order valence-electron chi connectivity index (χ3n) is 2.98. The number of carbonyl (C=O) groups is 2. The van der Waals surface area contributed by atoms with Gasteiger partial charge in [0.25, 0.3) is 5.69 Å². The molecule has 0 fully saturated rings. The van der Waals surface area contributed by atoms with Crippen LogP contribution >= 0.6 is 0 Å². The van der Waals surface area contributed by atoms with Crippen molar-refractivity contribution in [3.63, 3.8) is 0 Å². The van der Waals surface area contributed by atoms with Crippen molar-refractivity contribution in [1.29, 1.82) is 0 Å². The summed E-state index contributed by atoms with van der Waals surface area (Å²) in [6, 6.07) is 4.84. The lowest BCUT2D eigenvalue weighted by Crippen LogP contribution is -2.38. The minimum Gasteiger partial charge on any atom is -0.480 e. The number of aliphatic carboxylic acids is 1. The van der Waals surface area contributed by atoms with E-state index in [1.807, 2.05) is 6.92 Å². The van der Waals surface area contributed by atoms with Gasteiger partial charge in [-0.3, -0.25) is 19.7 Å². The van der Waals surface area contributed by atoms with E-state index in [0.29, 0.717) is 12.1 Å². The zero-order valence-corrected chi connectivity index (χ0v) is 12.2. The first-order chi connectivity index (χ1) is 10.4. The molecule has 1 rings (SSSR count). The molecular weight excluding hydrogens is 290 g/mol. The Morgan fingerprint density at radius 1 is 1.32 bits per heavy atom. The van der Waals surface area contributed by atoms with Gasteiger partial charge in [0.05, 0.1) is 4.92 Å². The monoisotopic (exact) mass is 309 g/mol. The first-order valence-corrected chi connectivity index (χ1v) is 6.94. The average Bonchev–Trinajstić information content (AvgIpc) is 2.46. The Labute approximate surface area is 127 Å². The highest BCUT2D eigenvalue weighted by Gasteiger charge is 2.15. The second-order valence-corrected chi connectivity index (χ2v) is 4.74. The fourth-order valence-electron chi connectivity index (χ4n) is 1.85. The SMILES string of the molecule is CCCC(NCCC(=O)Nc1ccc([N+](=O)[O-])cc1)C(=O)O. The molecule has 0 aliphatic heterocycles. The topological polar surface area (TPSA) is 122 Å². The largest absolute Gasteiger partial charge is 0.480 e. The maximum absolute atomic E-state index is 11.7. The summed E-state index contributed by atoms with van der Waals surface area (Å²) in [6.07, 6.45) is 1.35. The predicted molar refractivity (Wildman–Crippen MR) is 80.7 cm³/mol. The van der Waals surface area contributed by atoms with Gasteiger partial charge in [-0.25, -0.2) is 0 Å². The van der Waals surface area contributed by atoms with Gasteiger partial charge in [0, 0.05) is 30.8 Å². The van der Waals surface area contributed by atoms with Gasteiger partial charge >= 0.3 is 5.97 Å². The molecule has 0 aliphatic rings. The molecule has 1 aromatic carbocycles. The van der Waals surface area contributed by atoms with E-state index < -0.39 is 16.9 Å². The van der Waals surface area contributed by atoms with Crippen LogP contribution in [-0.2, 0) is 9.59 Å². The molecule has 8 heteroatoms. The smallest absolute Gasteiger partial charge is 0.320 e.